The van der Waals surface area contributed by atoms with E-state index in [1.54, 1.807) is 18.6 Å². The molecule has 0 fully saturated rings. The maximum atomic E-state index is 10.5. The highest BCUT2D eigenvalue weighted by Crippen LogP contribution is 2.20. The van der Waals surface area contributed by atoms with Gasteiger partial charge < -0.3 is 10.0 Å². The molecule has 2 heterocycles. The second-order valence-electron chi connectivity index (χ2n) is 4.75. The lowest BCUT2D eigenvalue weighted by atomic mass is 10.1. The molecule has 0 bridgehead atoms. The van der Waals surface area contributed by atoms with Crippen molar-refractivity contribution in [2.24, 2.45) is 0 Å². The molecule has 0 aromatic carbocycles. The van der Waals surface area contributed by atoms with Crippen LogP contribution < -0.4 is 0 Å². The van der Waals surface area contributed by atoms with Crippen LogP contribution in [-0.2, 0) is 11.3 Å². The summed E-state index contributed by atoms with van der Waals surface area (Å²) in [6.07, 6.45) is 6.17. The molecular formula is C14H18N4O2. The van der Waals surface area contributed by atoms with Crippen molar-refractivity contribution in [3.63, 3.8) is 0 Å². The third kappa shape index (κ3) is 3.89. The van der Waals surface area contributed by atoms with Gasteiger partial charge in [-0.15, -0.1) is 0 Å². The third-order valence-electron chi connectivity index (χ3n) is 3.04. The van der Waals surface area contributed by atoms with Gasteiger partial charge in [-0.1, -0.05) is 0 Å². The molecule has 0 saturated heterocycles. The van der Waals surface area contributed by atoms with Crippen LogP contribution in [0.4, 0.5) is 0 Å². The standard InChI is InChI=1S/C14H18N4O2/c1-18(7-3-5-13(19)20)10-12-9-16-17-14(12)11-4-2-6-15-8-11/h2,4,6,8-9H,3,5,7,10H2,1H3,(H,16,17)(H,19,20). The molecule has 0 aliphatic carbocycles. The fourth-order valence-corrected chi connectivity index (χ4v) is 2.06. The van der Waals surface area contributed by atoms with E-state index in [0.717, 1.165) is 29.9 Å². The topological polar surface area (TPSA) is 82.1 Å². The summed E-state index contributed by atoms with van der Waals surface area (Å²) in [5.74, 6) is -0.752. The predicted octanol–water partition coefficient (Wildman–Crippen LogP) is 1.77. The second-order valence-corrected chi connectivity index (χ2v) is 4.75. The first-order chi connectivity index (χ1) is 9.66. The van der Waals surface area contributed by atoms with E-state index < -0.39 is 5.97 Å². The molecule has 20 heavy (non-hydrogen) atoms. The first-order valence-electron chi connectivity index (χ1n) is 6.50. The summed E-state index contributed by atoms with van der Waals surface area (Å²) in [4.78, 5) is 16.7. The highest BCUT2D eigenvalue weighted by atomic mass is 16.4. The Morgan fingerprint density at radius 3 is 3.00 bits per heavy atom. The average Bonchev–Trinajstić information content (AvgIpc) is 2.87. The van der Waals surface area contributed by atoms with Gasteiger partial charge in [0, 0.05) is 36.5 Å². The molecule has 0 unspecified atom stereocenters. The zero-order chi connectivity index (χ0) is 14.4. The van der Waals surface area contributed by atoms with Gasteiger partial charge in [-0.3, -0.25) is 14.9 Å². The number of carboxylic acid groups (broad SMARTS) is 1. The molecule has 0 atom stereocenters. The Bertz CT molecular complexity index is 553. The molecule has 0 radical (unpaired) electrons. The largest absolute Gasteiger partial charge is 0.481 e. The Balaban J connectivity index is 1.97. The van der Waals surface area contributed by atoms with Crippen LogP contribution in [0.25, 0.3) is 11.3 Å². The van der Waals surface area contributed by atoms with Crippen molar-refractivity contribution in [3.8, 4) is 11.3 Å². The normalized spacial score (nSPS) is 10.9. The number of nitrogens with one attached hydrogen (secondary N) is 1. The van der Waals surface area contributed by atoms with E-state index in [0.29, 0.717) is 6.42 Å². The number of pyridine rings is 1. The van der Waals surface area contributed by atoms with Gasteiger partial charge in [-0.25, -0.2) is 0 Å². The van der Waals surface area contributed by atoms with Gasteiger partial charge in [0.1, 0.15) is 0 Å². The SMILES string of the molecule is CN(CCCC(=O)O)Cc1cn[nH]c1-c1cccnc1. The number of aliphatic carboxylic acids is 1. The number of hydrogen-bond donors (Lipinski definition) is 2. The fraction of sp³-hybridized carbons (Fsp3) is 0.357. The molecule has 0 aliphatic heterocycles. The van der Waals surface area contributed by atoms with Gasteiger partial charge in [0.05, 0.1) is 11.9 Å². The van der Waals surface area contributed by atoms with Gasteiger partial charge in [0.2, 0.25) is 0 Å². The van der Waals surface area contributed by atoms with Crippen molar-refractivity contribution >= 4 is 5.97 Å². The van der Waals surface area contributed by atoms with Crippen LogP contribution in [0.1, 0.15) is 18.4 Å². The molecule has 2 rings (SSSR count). The Hall–Kier alpha value is -2.21. The van der Waals surface area contributed by atoms with Crippen LogP contribution in [0.2, 0.25) is 0 Å². The summed E-state index contributed by atoms with van der Waals surface area (Å²) in [6.45, 7) is 1.46. The summed E-state index contributed by atoms with van der Waals surface area (Å²) in [7, 11) is 1.97. The summed E-state index contributed by atoms with van der Waals surface area (Å²) in [5.41, 5.74) is 3.04. The maximum absolute atomic E-state index is 10.5. The van der Waals surface area contributed by atoms with E-state index in [-0.39, 0.29) is 6.42 Å². The first-order valence-corrected chi connectivity index (χ1v) is 6.50. The van der Waals surface area contributed by atoms with Gasteiger partial charge in [-0.2, -0.15) is 5.10 Å². The Labute approximate surface area is 117 Å². The summed E-state index contributed by atoms with van der Waals surface area (Å²) in [5, 5.41) is 15.7. The highest BCUT2D eigenvalue weighted by Gasteiger charge is 2.10. The van der Waals surface area contributed by atoms with Crippen LogP contribution in [0.5, 0.6) is 0 Å². The minimum absolute atomic E-state index is 0.200. The maximum Gasteiger partial charge on any atom is 0.303 e. The molecule has 0 spiro atoms. The molecule has 0 aliphatic rings. The predicted molar refractivity (Wildman–Crippen MR) is 75.0 cm³/mol. The molecule has 6 nitrogen and oxygen atoms in total. The minimum atomic E-state index is -0.752. The molecule has 106 valence electrons. The number of carboxylic acids is 1. The van der Waals surface area contributed by atoms with Crippen molar-refractivity contribution in [1.82, 2.24) is 20.1 Å². The van der Waals surface area contributed by atoms with Crippen LogP contribution in [0.3, 0.4) is 0 Å². The van der Waals surface area contributed by atoms with E-state index in [1.165, 1.54) is 0 Å². The molecule has 2 aromatic heterocycles. The molecule has 0 saturated carbocycles. The van der Waals surface area contributed by atoms with Crippen molar-refractivity contribution in [2.45, 2.75) is 19.4 Å². The van der Waals surface area contributed by atoms with Crippen molar-refractivity contribution in [3.05, 3.63) is 36.3 Å². The van der Waals surface area contributed by atoms with Crippen molar-refractivity contribution in [2.75, 3.05) is 13.6 Å². The number of aromatic nitrogens is 3. The van der Waals surface area contributed by atoms with Crippen LogP contribution in [0, 0.1) is 0 Å². The Morgan fingerprint density at radius 1 is 1.45 bits per heavy atom. The number of carbonyl (C=O) groups is 1. The number of nitrogens with zero attached hydrogens (tertiary/aromatic N) is 3. The average molecular weight is 274 g/mol. The molecule has 6 heteroatoms. The number of hydrogen-bond acceptors (Lipinski definition) is 4. The van der Waals surface area contributed by atoms with Crippen LogP contribution in [0.15, 0.2) is 30.7 Å². The van der Waals surface area contributed by atoms with Crippen LogP contribution in [-0.4, -0.2) is 44.7 Å². The first kappa shape index (κ1) is 14.2. The third-order valence-corrected chi connectivity index (χ3v) is 3.04. The van der Waals surface area contributed by atoms with Crippen molar-refractivity contribution < 1.29 is 9.90 Å². The summed E-state index contributed by atoms with van der Waals surface area (Å²) < 4.78 is 0. The quantitative estimate of drug-likeness (QED) is 0.804. The lowest BCUT2D eigenvalue weighted by Crippen LogP contribution is -2.20. The smallest absolute Gasteiger partial charge is 0.303 e. The van der Waals surface area contributed by atoms with E-state index in [4.69, 9.17) is 5.11 Å². The second kappa shape index (κ2) is 6.81. The number of rotatable bonds is 7. The monoisotopic (exact) mass is 274 g/mol. The lowest BCUT2D eigenvalue weighted by Gasteiger charge is -2.15. The van der Waals surface area contributed by atoms with Gasteiger partial charge in [0.25, 0.3) is 0 Å². The molecule has 2 N–H and O–H groups in total. The molecule has 0 amide bonds. The molecular weight excluding hydrogens is 256 g/mol. The Kier molecular flexibility index (Phi) is 4.84. The van der Waals surface area contributed by atoms with E-state index in [1.807, 2.05) is 19.2 Å². The van der Waals surface area contributed by atoms with E-state index in [9.17, 15) is 4.79 Å². The summed E-state index contributed by atoms with van der Waals surface area (Å²) >= 11 is 0. The van der Waals surface area contributed by atoms with Crippen LogP contribution >= 0.6 is 0 Å². The molecule has 2 aromatic rings. The minimum Gasteiger partial charge on any atom is -0.481 e. The zero-order valence-corrected chi connectivity index (χ0v) is 11.4. The number of H-pyrrole nitrogens is 1. The van der Waals surface area contributed by atoms with Crippen molar-refractivity contribution in [1.29, 1.82) is 0 Å². The number of aromatic amines is 1. The summed E-state index contributed by atoms with van der Waals surface area (Å²) in [6, 6.07) is 3.87. The zero-order valence-electron chi connectivity index (χ0n) is 11.4. The highest BCUT2D eigenvalue weighted by molar-refractivity contribution is 5.66. The van der Waals surface area contributed by atoms with Gasteiger partial charge in [0.15, 0.2) is 0 Å². The lowest BCUT2D eigenvalue weighted by molar-refractivity contribution is -0.137. The Morgan fingerprint density at radius 2 is 2.30 bits per heavy atom. The van der Waals surface area contributed by atoms with Gasteiger partial charge >= 0.3 is 5.97 Å². The van der Waals surface area contributed by atoms with E-state index >= 15 is 0 Å². The fourth-order valence-electron chi connectivity index (χ4n) is 2.06. The van der Waals surface area contributed by atoms with E-state index in [2.05, 4.69) is 20.1 Å². The van der Waals surface area contributed by atoms with Gasteiger partial charge in [-0.05, 0) is 32.1 Å².